The molecule has 0 spiro atoms. The summed E-state index contributed by atoms with van der Waals surface area (Å²) in [5, 5.41) is 9.78. The average Bonchev–Trinajstić information content (AvgIpc) is 2.92. The van der Waals surface area contributed by atoms with Gasteiger partial charge in [-0.25, -0.2) is 4.79 Å². The summed E-state index contributed by atoms with van der Waals surface area (Å²) in [6.45, 7) is 0. The van der Waals surface area contributed by atoms with Gasteiger partial charge in [-0.2, -0.15) is 0 Å². The van der Waals surface area contributed by atoms with Gasteiger partial charge in [0.2, 0.25) is 5.75 Å². The summed E-state index contributed by atoms with van der Waals surface area (Å²) in [6.07, 6.45) is 0. The molecule has 2 aromatic rings. The number of nitrogens with zero attached hydrogens (tertiary/aromatic N) is 1. The number of methoxy groups -OCH3 is 3. The maximum atomic E-state index is 12.7. The van der Waals surface area contributed by atoms with E-state index in [1.54, 1.807) is 30.3 Å². The zero-order chi connectivity index (χ0) is 19.7. The van der Waals surface area contributed by atoms with Crippen molar-refractivity contribution in [3.63, 3.8) is 0 Å². The fraction of sp³-hybridized carbons (Fsp3) is 0.211. The molecule has 0 bridgehead atoms. The largest absolute Gasteiger partial charge is 0.493 e. The number of carbonyl (C=O) groups is 3. The Balaban J connectivity index is 2.28. The maximum absolute atomic E-state index is 12.7. The number of fused-ring (bicyclic) bond motifs is 1. The van der Waals surface area contributed by atoms with E-state index in [-0.39, 0.29) is 28.5 Å². The van der Waals surface area contributed by atoms with Crippen LogP contribution in [0.4, 0.5) is 5.69 Å². The molecule has 1 N–H and O–H groups in total. The van der Waals surface area contributed by atoms with E-state index in [0.29, 0.717) is 5.56 Å². The summed E-state index contributed by atoms with van der Waals surface area (Å²) < 4.78 is 15.8. The predicted octanol–water partition coefficient (Wildman–Crippen LogP) is 2.07. The van der Waals surface area contributed by atoms with Crippen LogP contribution in [0.25, 0.3) is 0 Å². The Bertz CT molecular complexity index is 923. The van der Waals surface area contributed by atoms with E-state index in [4.69, 9.17) is 14.2 Å². The lowest BCUT2D eigenvalue weighted by Gasteiger charge is -2.25. The molecule has 1 unspecified atom stereocenters. The maximum Gasteiger partial charge on any atom is 0.331 e. The van der Waals surface area contributed by atoms with Crippen molar-refractivity contribution in [2.45, 2.75) is 6.04 Å². The molecule has 3 rings (SSSR count). The highest BCUT2D eigenvalue weighted by molar-refractivity contribution is 6.53. The van der Waals surface area contributed by atoms with Gasteiger partial charge < -0.3 is 19.3 Å². The zero-order valence-electron chi connectivity index (χ0n) is 14.9. The third kappa shape index (κ3) is 2.75. The lowest BCUT2D eigenvalue weighted by molar-refractivity contribution is -0.139. The first-order valence-electron chi connectivity index (χ1n) is 7.94. The molecule has 1 heterocycles. The van der Waals surface area contributed by atoms with Crippen LogP contribution in [-0.4, -0.2) is 44.1 Å². The monoisotopic (exact) mass is 371 g/mol. The smallest absolute Gasteiger partial charge is 0.331 e. The van der Waals surface area contributed by atoms with E-state index in [2.05, 4.69) is 0 Å². The normalized spacial score (nSPS) is 14.0. The van der Waals surface area contributed by atoms with Crippen molar-refractivity contribution >= 4 is 23.3 Å². The van der Waals surface area contributed by atoms with E-state index < -0.39 is 23.7 Å². The van der Waals surface area contributed by atoms with Gasteiger partial charge in [0.05, 0.1) is 32.6 Å². The Labute approximate surface area is 154 Å². The van der Waals surface area contributed by atoms with Crippen molar-refractivity contribution in [2.75, 3.05) is 26.2 Å². The number of benzene rings is 2. The zero-order valence-corrected chi connectivity index (χ0v) is 14.9. The van der Waals surface area contributed by atoms with Gasteiger partial charge in [0.15, 0.2) is 17.5 Å². The van der Waals surface area contributed by atoms with Gasteiger partial charge in [-0.1, -0.05) is 30.3 Å². The number of anilines is 1. The van der Waals surface area contributed by atoms with E-state index in [9.17, 15) is 19.5 Å². The number of Topliss-reactive ketones (excluding diaryl/α,β-unsaturated/α-hetero) is 1. The number of amides is 1. The number of hydrogen-bond donors (Lipinski definition) is 1. The van der Waals surface area contributed by atoms with Gasteiger partial charge in [0, 0.05) is 6.07 Å². The lowest BCUT2D eigenvalue weighted by Crippen LogP contribution is -2.38. The molecule has 27 heavy (non-hydrogen) atoms. The van der Waals surface area contributed by atoms with Gasteiger partial charge in [-0.15, -0.1) is 0 Å². The molecule has 8 nitrogen and oxygen atoms in total. The van der Waals surface area contributed by atoms with Gasteiger partial charge in [-0.3, -0.25) is 14.5 Å². The number of ketones is 1. The second-order valence-corrected chi connectivity index (χ2v) is 5.70. The highest BCUT2D eigenvalue weighted by atomic mass is 16.5. The number of ether oxygens (including phenoxy) is 3. The summed E-state index contributed by atoms with van der Waals surface area (Å²) in [6, 6.07) is 8.21. The molecular formula is C19H17NO7. The van der Waals surface area contributed by atoms with Crippen molar-refractivity contribution in [1.29, 1.82) is 0 Å². The molecule has 1 atom stereocenters. The number of carboxylic acid groups (broad SMARTS) is 1. The highest BCUT2D eigenvalue weighted by Crippen LogP contribution is 2.49. The van der Waals surface area contributed by atoms with Gasteiger partial charge >= 0.3 is 11.9 Å². The third-order valence-electron chi connectivity index (χ3n) is 4.32. The van der Waals surface area contributed by atoms with Crippen LogP contribution in [-0.2, 0) is 9.59 Å². The second-order valence-electron chi connectivity index (χ2n) is 5.70. The third-order valence-corrected chi connectivity index (χ3v) is 4.32. The first kappa shape index (κ1) is 18.2. The Hall–Kier alpha value is -3.55. The molecule has 0 saturated carbocycles. The minimum Gasteiger partial charge on any atom is -0.493 e. The van der Waals surface area contributed by atoms with Gasteiger partial charge in [-0.05, 0) is 5.56 Å². The molecule has 140 valence electrons. The summed E-state index contributed by atoms with van der Waals surface area (Å²) in [4.78, 5) is 38.3. The van der Waals surface area contributed by atoms with E-state index in [0.717, 1.165) is 4.90 Å². The van der Waals surface area contributed by atoms with Crippen LogP contribution in [0, 0.1) is 0 Å². The van der Waals surface area contributed by atoms with Crippen molar-refractivity contribution in [2.24, 2.45) is 0 Å². The Kier molecular flexibility index (Phi) is 4.72. The molecule has 1 aliphatic rings. The molecule has 0 aromatic heterocycles. The standard InChI is InChI=1S/C19H17NO7/c1-25-12-9-11-13(17(27-3)16(12)26-2)15(21)18(22)20(11)14(19(23)24)10-7-5-4-6-8-10/h4-9,14H,1-3H3,(H,23,24). The molecule has 0 fully saturated rings. The molecular weight excluding hydrogens is 354 g/mol. The SMILES string of the molecule is COc1cc2c(c(OC)c1OC)C(=O)C(=O)N2C(C(=O)O)c1ccccc1. The Morgan fingerprint density at radius 3 is 2.15 bits per heavy atom. The molecule has 2 aromatic carbocycles. The van der Waals surface area contributed by atoms with Crippen LogP contribution < -0.4 is 19.1 Å². The molecule has 1 aliphatic heterocycles. The quantitative estimate of drug-likeness (QED) is 0.776. The second kappa shape index (κ2) is 6.99. The number of rotatable bonds is 6. The first-order chi connectivity index (χ1) is 13.0. The summed E-state index contributed by atoms with van der Waals surface area (Å²) in [5.41, 5.74) is 0.394. The van der Waals surface area contributed by atoms with Crippen molar-refractivity contribution in [1.82, 2.24) is 0 Å². The summed E-state index contributed by atoms with van der Waals surface area (Å²) in [5.74, 6) is -2.74. The number of aliphatic carboxylic acids is 1. The predicted molar refractivity (Wildman–Crippen MR) is 94.7 cm³/mol. The summed E-state index contributed by atoms with van der Waals surface area (Å²) in [7, 11) is 4.08. The molecule has 0 saturated heterocycles. The minimum atomic E-state index is -1.38. The van der Waals surface area contributed by atoms with Crippen LogP contribution >= 0.6 is 0 Å². The molecule has 8 heteroatoms. The van der Waals surface area contributed by atoms with Gasteiger partial charge in [0.1, 0.15) is 0 Å². The van der Waals surface area contributed by atoms with Crippen molar-refractivity contribution in [3.05, 3.63) is 47.5 Å². The topological polar surface area (TPSA) is 102 Å². The number of carbonyl (C=O) groups excluding carboxylic acids is 2. The first-order valence-corrected chi connectivity index (χ1v) is 7.94. The summed E-state index contributed by atoms with van der Waals surface area (Å²) >= 11 is 0. The molecule has 1 amide bonds. The van der Waals surface area contributed by atoms with Crippen molar-refractivity contribution in [3.8, 4) is 17.2 Å². The van der Waals surface area contributed by atoms with Crippen LogP contribution in [0.3, 0.4) is 0 Å². The fourth-order valence-corrected chi connectivity index (χ4v) is 3.17. The Morgan fingerprint density at radius 1 is 1.00 bits per heavy atom. The number of carboxylic acids is 1. The fourth-order valence-electron chi connectivity index (χ4n) is 3.17. The van der Waals surface area contributed by atoms with Crippen LogP contribution in [0.2, 0.25) is 0 Å². The van der Waals surface area contributed by atoms with Crippen LogP contribution in [0.5, 0.6) is 17.2 Å². The average molecular weight is 371 g/mol. The molecule has 0 radical (unpaired) electrons. The van der Waals surface area contributed by atoms with E-state index in [1.807, 2.05) is 0 Å². The number of hydrogen-bond acceptors (Lipinski definition) is 6. The highest BCUT2D eigenvalue weighted by Gasteiger charge is 2.46. The lowest BCUT2D eigenvalue weighted by atomic mass is 10.0. The molecule has 0 aliphatic carbocycles. The Morgan fingerprint density at radius 2 is 1.63 bits per heavy atom. The van der Waals surface area contributed by atoms with Crippen molar-refractivity contribution < 1.29 is 33.7 Å². The van der Waals surface area contributed by atoms with E-state index >= 15 is 0 Å². The van der Waals surface area contributed by atoms with Gasteiger partial charge in [0.25, 0.3) is 5.78 Å². The van der Waals surface area contributed by atoms with E-state index in [1.165, 1.54) is 27.4 Å². The van der Waals surface area contributed by atoms with Crippen LogP contribution in [0.15, 0.2) is 36.4 Å². The van der Waals surface area contributed by atoms with Crippen LogP contribution in [0.1, 0.15) is 22.0 Å². The minimum absolute atomic E-state index is 0.0184.